The first-order valence-electron chi connectivity index (χ1n) is 14.6. The molecule has 2 unspecified atom stereocenters. The molecule has 2 aliphatic rings. The molecule has 8 nitrogen and oxygen atoms in total. The van der Waals surface area contributed by atoms with E-state index in [1.807, 2.05) is 40.1 Å². The van der Waals surface area contributed by atoms with Crippen molar-refractivity contribution >= 4 is 27.5 Å². The third-order valence-electron chi connectivity index (χ3n) is 8.52. The zero-order valence-corrected chi connectivity index (χ0v) is 25.9. The fraction of sp³-hybridized carbons (Fsp3) is 0.548. The SMILES string of the molecule is CC(=O)N1CCC(CC(=O)N2CCN(C(c3ccccc3)c3ccc(NS(=O)(=O)C(F)(F)F)cc3)CC2C(C)(C)C)CC1. The van der Waals surface area contributed by atoms with E-state index in [1.54, 1.807) is 23.8 Å². The number of halogens is 3. The quantitative estimate of drug-likeness (QED) is 0.456. The molecule has 0 aliphatic carbocycles. The molecule has 0 aromatic heterocycles. The van der Waals surface area contributed by atoms with E-state index in [0.29, 0.717) is 39.1 Å². The van der Waals surface area contributed by atoms with E-state index in [4.69, 9.17) is 0 Å². The number of hydrogen-bond acceptors (Lipinski definition) is 5. The Morgan fingerprint density at radius 1 is 0.907 bits per heavy atom. The van der Waals surface area contributed by atoms with Gasteiger partial charge < -0.3 is 9.80 Å². The highest BCUT2D eigenvalue weighted by Crippen LogP contribution is 2.36. The van der Waals surface area contributed by atoms with Crippen LogP contribution in [0.3, 0.4) is 0 Å². The average molecular weight is 623 g/mol. The normalized spacial score (nSPS) is 20.1. The number of benzene rings is 2. The van der Waals surface area contributed by atoms with Gasteiger partial charge in [-0.3, -0.25) is 19.2 Å². The minimum atomic E-state index is -5.53. The second-order valence-corrected chi connectivity index (χ2v) is 14.3. The molecule has 2 heterocycles. The summed E-state index contributed by atoms with van der Waals surface area (Å²) in [5, 5.41) is 0. The van der Waals surface area contributed by atoms with Crippen molar-refractivity contribution in [3.05, 3.63) is 65.7 Å². The molecule has 0 radical (unpaired) electrons. The molecule has 2 aromatic rings. The van der Waals surface area contributed by atoms with Crippen molar-refractivity contribution in [1.29, 1.82) is 0 Å². The predicted molar refractivity (Wildman–Crippen MR) is 159 cm³/mol. The largest absolute Gasteiger partial charge is 0.516 e. The molecule has 2 saturated heterocycles. The summed E-state index contributed by atoms with van der Waals surface area (Å²) in [6, 6.07) is 15.3. The van der Waals surface area contributed by atoms with Gasteiger partial charge >= 0.3 is 15.5 Å². The molecule has 1 N–H and O–H groups in total. The van der Waals surface area contributed by atoms with Gasteiger partial charge in [0.05, 0.1) is 6.04 Å². The molecule has 2 atom stereocenters. The Morgan fingerprint density at radius 3 is 2.02 bits per heavy atom. The van der Waals surface area contributed by atoms with Gasteiger partial charge in [0.15, 0.2) is 0 Å². The van der Waals surface area contributed by atoms with Crippen LogP contribution >= 0.6 is 0 Å². The minimum absolute atomic E-state index is 0.0684. The lowest BCUT2D eigenvalue weighted by Crippen LogP contribution is -2.60. The first-order chi connectivity index (χ1) is 20.1. The predicted octanol–water partition coefficient (Wildman–Crippen LogP) is 5.25. The van der Waals surface area contributed by atoms with Crippen LogP contribution in [0.2, 0.25) is 0 Å². The van der Waals surface area contributed by atoms with Crippen molar-refractivity contribution in [3.63, 3.8) is 0 Å². The van der Waals surface area contributed by atoms with E-state index in [1.165, 1.54) is 12.1 Å². The van der Waals surface area contributed by atoms with Crippen molar-refractivity contribution in [2.45, 2.75) is 64.5 Å². The van der Waals surface area contributed by atoms with E-state index in [9.17, 15) is 31.2 Å². The number of rotatable bonds is 7. The van der Waals surface area contributed by atoms with Gasteiger partial charge in [-0.25, -0.2) is 0 Å². The van der Waals surface area contributed by atoms with Gasteiger partial charge in [0.25, 0.3) is 0 Å². The summed E-state index contributed by atoms with van der Waals surface area (Å²) in [6.45, 7) is 11.0. The van der Waals surface area contributed by atoms with Crippen LogP contribution in [0, 0.1) is 11.3 Å². The number of nitrogens with zero attached hydrogens (tertiary/aromatic N) is 3. The summed E-state index contributed by atoms with van der Waals surface area (Å²) >= 11 is 0. The molecule has 0 spiro atoms. The Kier molecular flexibility index (Phi) is 9.80. The number of hydrogen-bond donors (Lipinski definition) is 1. The number of nitrogens with one attached hydrogen (secondary N) is 1. The monoisotopic (exact) mass is 622 g/mol. The van der Waals surface area contributed by atoms with Crippen LogP contribution < -0.4 is 4.72 Å². The average Bonchev–Trinajstić information content (AvgIpc) is 2.93. The maximum Gasteiger partial charge on any atom is 0.516 e. The van der Waals surface area contributed by atoms with E-state index >= 15 is 0 Å². The molecule has 0 saturated carbocycles. The molecule has 43 heavy (non-hydrogen) atoms. The van der Waals surface area contributed by atoms with Crippen molar-refractivity contribution in [2.24, 2.45) is 11.3 Å². The van der Waals surface area contributed by atoms with Crippen molar-refractivity contribution in [1.82, 2.24) is 14.7 Å². The number of carbonyl (C=O) groups excluding carboxylic acids is 2. The van der Waals surface area contributed by atoms with Gasteiger partial charge in [-0.05, 0) is 47.4 Å². The van der Waals surface area contributed by atoms with Crippen LogP contribution in [0.15, 0.2) is 54.6 Å². The highest BCUT2D eigenvalue weighted by molar-refractivity contribution is 7.93. The smallest absolute Gasteiger partial charge is 0.343 e. The standard InChI is InChI=1S/C31H41F3N4O4S/c1-22(39)36-16-14-23(15-17-36)20-28(40)38-19-18-37(21-27(38)30(2,3)4)29(24-8-6-5-7-9-24)25-10-12-26(13-11-25)35-43(41,42)31(32,33)34/h5-13,23,27,29,35H,14-21H2,1-4H3. The molecule has 2 amide bonds. The summed E-state index contributed by atoms with van der Waals surface area (Å²) in [4.78, 5) is 31.5. The van der Waals surface area contributed by atoms with Crippen LogP contribution in [-0.4, -0.2) is 79.2 Å². The lowest BCUT2D eigenvalue weighted by Gasteiger charge is -2.50. The van der Waals surface area contributed by atoms with Crippen LogP contribution in [0.25, 0.3) is 0 Å². The van der Waals surface area contributed by atoms with Crippen LogP contribution in [0.5, 0.6) is 0 Å². The van der Waals surface area contributed by atoms with Gasteiger partial charge in [-0.2, -0.15) is 21.6 Å². The lowest BCUT2D eigenvalue weighted by molar-refractivity contribution is -0.141. The van der Waals surface area contributed by atoms with Gasteiger partial charge in [0, 0.05) is 57.8 Å². The molecule has 2 fully saturated rings. The highest BCUT2D eigenvalue weighted by atomic mass is 32.2. The molecule has 4 rings (SSSR count). The van der Waals surface area contributed by atoms with Gasteiger partial charge in [-0.15, -0.1) is 0 Å². The van der Waals surface area contributed by atoms with E-state index in [-0.39, 0.29) is 40.9 Å². The first kappa shape index (κ1) is 32.8. The van der Waals surface area contributed by atoms with Crippen LogP contribution in [0.1, 0.15) is 64.1 Å². The molecule has 2 aliphatic heterocycles. The van der Waals surface area contributed by atoms with E-state index in [0.717, 1.165) is 24.0 Å². The van der Waals surface area contributed by atoms with Crippen molar-refractivity contribution in [2.75, 3.05) is 37.4 Å². The first-order valence-corrected chi connectivity index (χ1v) is 16.1. The number of amides is 2. The lowest BCUT2D eigenvalue weighted by atomic mass is 9.82. The van der Waals surface area contributed by atoms with E-state index < -0.39 is 15.5 Å². The Balaban J connectivity index is 1.54. The molecule has 2 aromatic carbocycles. The summed E-state index contributed by atoms with van der Waals surface area (Å²) in [7, 11) is -5.53. The summed E-state index contributed by atoms with van der Waals surface area (Å²) < 4.78 is 63.5. The highest BCUT2D eigenvalue weighted by Gasteiger charge is 2.46. The second kappa shape index (κ2) is 12.9. The fourth-order valence-corrected chi connectivity index (χ4v) is 6.65. The van der Waals surface area contributed by atoms with Crippen LogP contribution in [-0.2, 0) is 19.6 Å². The zero-order chi connectivity index (χ0) is 31.6. The summed E-state index contributed by atoms with van der Waals surface area (Å²) in [5.74, 6) is 0.435. The number of carbonyl (C=O) groups is 2. The fourth-order valence-electron chi connectivity index (χ4n) is 6.09. The topological polar surface area (TPSA) is 90.0 Å². The van der Waals surface area contributed by atoms with E-state index in [2.05, 4.69) is 25.7 Å². The number of piperidine rings is 1. The van der Waals surface area contributed by atoms with Gasteiger partial charge in [0.1, 0.15) is 0 Å². The Morgan fingerprint density at radius 2 is 1.49 bits per heavy atom. The Labute approximate surface area is 252 Å². The Hall–Kier alpha value is -3.12. The molecular formula is C31H41F3N4O4S. The number of likely N-dealkylation sites (tertiary alicyclic amines) is 1. The molecule has 0 bridgehead atoms. The molecule has 12 heteroatoms. The molecule has 236 valence electrons. The third kappa shape index (κ3) is 7.89. The second-order valence-electron chi connectivity index (χ2n) is 12.6. The maximum atomic E-state index is 13.7. The van der Waals surface area contributed by atoms with Gasteiger partial charge in [0.2, 0.25) is 11.8 Å². The van der Waals surface area contributed by atoms with Gasteiger partial charge in [-0.1, -0.05) is 63.2 Å². The number of anilines is 1. The number of alkyl halides is 3. The number of sulfonamides is 1. The maximum absolute atomic E-state index is 13.7. The third-order valence-corrected chi connectivity index (χ3v) is 9.63. The summed E-state index contributed by atoms with van der Waals surface area (Å²) in [5.41, 5.74) is -4.04. The van der Waals surface area contributed by atoms with Crippen molar-refractivity contribution in [3.8, 4) is 0 Å². The molecular weight excluding hydrogens is 581 g/mol. The Bertz CT molecular complexity index is 1370. The zero-order valence-electron chi connectivity index (χ0n) is 25.1. The number of piperazine rings is 1. The van der Waals surface area contributed by atoms with Crippen LogP contribution in [0.4, 0.5) is 18.9 Å². The summed E-state index contributed by atoms with van der Waals surface area (Å²) in [6.07, 6.45) is 2.09. The minimum Gasteiger partial charge on any atom is -0.343 e. The van der Waals surface area contributed by atoms with Crippen molar-refractivity contribution < 1.29 is 31.2 Å².